The minimum atomic E-state index is -0.198. The molecular weight excluding hydrogens is 380 g/mol. The van der Waals surface area contributed by atoms with Gasteiger partial charge in [0.25, 0.3) is 0 Å². The normalized spacial score (nSPS) is 11.2. The second-order valence-electron chi connectivity index (χ2n) is 6.86. The van der Waals surface area contributed by atoms with Crippen molar-refractivity contribution in [2.24, 2.45) is 0 Å². The van der Waals surface area contributed by atoms with E-state index in [1.807, 2.05) is 30.3 Å². The van der Waals surface area contributed by atoms with Gasteiger partial charge >= 0.3 is 0 Å². The number of H-pyrrole nitrogens is 2. The topological polar surface area (TPSA) is 117 Å². The van der Waals surface area contributed by atoms with Crippen LogP contribution in [0.15, 0.2) is 61.1 Å². The maximum atomic E-state index is 12.7. The van der Waals surface area contributed by atoms with E-state index >= 15 is 0 Å². The van der Waals surface area contributed by atoms with Crippen LogP contribution in [0.4, 0.5) is 0 Å². The molecular formula is C22H16N6O2. The molecule has 8 heteroatoms. The molecule has 0 saturated carbocycles. The highest BCUT2D eigenvalue weighted by Crippen LogP contribution is 2.19. The van der Waals surface area contributed by atoms with E-state index in [4.69, 9.17) is 0 Å². The minimum absolute atomic E-state index is 0.0352. The van der Waals surface area contributed by atoms with Crippen molar-refractivity contribution >= 4 is 33.6 Å². The molecule has 8 nitrogen and oxygen atoms in total. The van der Waals surface area contributed by atoms with E-state index in [0.29, 0.717) is 33.8 Å². The maximum absolute atomic E-state index is 12.7. The van der Waals surface area contributed by atoms with Crippen molar-refractivity contribution in [1.82, 2.24) is 29.9 Å². The first-order valence-electron chi connectivity index (χ1n) is 9.41. The number of carbonyl (C=O) groups excluding carboxylic acids is 2. The second kappa shape index (κ2) is 7.32. The standard InChI is InChI=1S/C22H16N6O2/c29-18(10-20-23-8-9-24-20)13-4-3-7-16-22(13)28-21(27-16)11-19(30)17-12-25-14-5-1-2-6-15(14)26-17/h1-9,12H,10-11H2,(H,23,24)(H,27,28). The molecule has 0 aliphatic rings. The van der Waals surface area contributed by atoms with Gasteiger partial charge in [0, 0.05) is 18.0 Å². The number of imidazole rings is 2. The summed E-state index contributed by atoms with van der Waals surface area (Å²) in [5, 5.41) is 0. The minimum Gasteiger partial charge on any atom is -0.348 e. The highest BCUT2D eigenvalue weighted by molar-refractivity contribution is 6.07. The molecule has 0 fully saturated rings. The Hall–Kier alpha value is -4.20. The van der Waals surface area contributed by atoms with Crippen LogP contribution in [0.1, 0.15) is 32.5 Å². The van der Waals surface area contributed by atoms with E-state index in [9.17, 15) is 9.59 Å². The van der Waals surface area contributed by atoms with Crippen LogP contribution in [-0.4, -0.2) is 41.5 Å². The van der Waals surface area contributed by atoms with E-state index in [-0.39, 0.29) is 30.1 Å². The van der Waals surface area contributed by atoms with Crippen LogP contribution in [0, 0.1) is 0 Å². The average molecular weight is 396 g/mol. The number of ketones is 2. The number of hydrogen-bond acceptors (Lipinski definition) is 6. The lowest BCUT2D eigenvalue weighted by Gasteiger charge is -2.00. The zero-order valence-corrected chi connectivity index (χ0v) is 15.8. The van der Waals surface area contributed by atoms with E-state index < -0.39 is 0 Å². The Morgan fingerprint density at radius 1 is 0.833 bits per heavy atom. The van der Waals surface area contributed by atoms with Gasteiger partial charge in [0.1, 0.15) is 17.3 Å². The summed E-state index contributed by atoms with van der Waals surface area (Å²) in [4.78, 5) is 48.8. The fourth-order valence-electron chi connectivity index (χ4n) is 3.37. The Kier molecular flexibility index (Phi) is 4.36. The molecule has 30 heavy (non-hydrogen) atoms. The number of nitrogens with one attached hydrogen (secondary N) is 2. The van der Waals surface area contributed by atoms with Crippen molar-refractivity contribution in [1.29, 1.82) is 0 Å². The lowest BCUT2D eigenvalue weighted by Crippen LogP contribution is -2.08. The molecule has 146 valence electrons. The van der Waals surface area contributed by atoms with Crippen LogP contribution < -0.4 is 0 Å². The number of carbonyl (C=O) groups is 2. The molecule has 0 bridgehead atoms. The monoisotopic (exact) mass is 396 g/mol. The Morgan fingerprint density at radius 2 is 1.67 bits per heavy atom. The number of fused-ring (bicyclic) bond motifs is 2. The second-order valence-corrected chi connectivity index (χ2v) is 6.86. The summed E-state index contributed by atoms with van der Waals surface area (Å²) in [5.74, 6) is 0.775. The van der Waals surface area contributed by atoms with E-state index in [1.54, 1.807) is 24.5 Å². The Morgan fingerprint density at radius 3 is 2.50 bits per heavy atom. The van der Waals surface area contributed by atoms with Gasteiger partial charge in [0.2, 0.25) is 0 Å². The summed E-state index contributed by atoms with van der Waals surface area (Å²) in [6, 6.07) is 12.7. The van der Waals surface area contributed by atoms with Crippen molar-refractivity contribution in [2.45, 2.75) is 12.8 Å². The summed E-state index contributed by atoms with van der Waals surface area (Å²) in [5.41, 5.74) is 3.41. The number of rotatable bonds is 6. The van der Waals surface area contributed by atoms with Gasteiger partial charge in [-0.1, -0.05) is 18.2 Å². The molecule has 0 saturated heterocycles. The summed E-state index contributed by atoms with van der Waals surface area (Å²) in [7, 11) is 0. The van der Waals surface area contributed by atoms with Crippen molar-refractivity contribution in [2.75, 3.05) is 0 Å². The predicted molar refractivity (Wildman–Crippen MR) is 110 cm³/mol. The van der Waals surface area contributed by atoms with Crippen molar-refractivity contribution in [3.05, 3.63) is 84.0 Å². The molecule has 3 heterocycles. The molecule has 0 aliphatic carbocycles. The zero-order chi connectivity index (χ0) is 20.5. The van der Waals surface area contributed by atoms with Crippen molar-refractivity contribution in [3.63, 3.8) is 0 Å². The van der Waals surface area contributed by atoms with Crippen LogP contribution >= 0.6 is 0 Å². The van der Waals surface area contributed by atoms with Gasteiger partial charge in [0.15, 0.2) is 11.6 Å². The molecule has 0 amide bonds. The van der Waals surface area contributed by atoms with E-state index in [0.717, 1.165) is 5.52 Å². The van der Waals surface area contributed by atoms with Crippen molar-refractivity contribution < 1.29 is 9.59 Å². The number of aromatic amines is 2. The molecule has 0 radical (unpaired) electrons. The zero-order valence-electron chi connectivity index (χ0n) is 15.8. The lowest BCUT2D eigenvalue weighted by molar-refractivity contribution is 0.0981. The molecule has 2 aromatic carbocycles. The largest absolute Gasteiger partial charge is 0.348 e. The third kappa shape index (κ3) is 3.35. The first-order valence-corrected chi connectivity index (χ1v) is 9.41. The molecule has 2 N–H and O–H groups in total. The summed E-state index contributed by atoms with van der Waals surface area (Å²) < 4.78 is 0. The van der Waals surface area contributed by atoms with Crippen molar-refractivity contribution in [3.8, 4) is 0 Å². The first kappa shape index (κ1) is 17.9. The third-order valence-electron chi connectivity index (χ3n) is 4.81. The number of hydrogen-bond donors (Lipinski definition) is 2. The summed E-state index contributed by atoms with van der Waals surface area (Å²) in [6.07, 6.45) is 4.95. The maximum Gasteiger partial charge on any atom is 0.190 e. The summed E-state index contributed by atoms with van der Waals surface area (Å²) >= 11 is 0. The number of aromatic nitrogens is 6. The SMILES string of the molecule is O=C(Cc1nc2c(C(=O)Cc3ncc[nH]3)cccc2[nH]1)c1cnc2ccccc2n1. The number of para-hydroxylation sites is 3. The number of Topliss-reactive ketones (excluding diaryl/α,β-unsaturated/α-hetero) is 2. The van der Waals surface area contributed by atoms with Gasteiger partial charge < -0.3 is 9.97 Å². The average Bonchev–Trinajstić information content (AvgIpc) is 3.42. The van der Waals surface area contributed by atoms with Gasteiger partial charge in [0.05, 0.1) is 41.1 Å². The van der Waals surface area contributed by atoms with Crippen LogP contribution in [-0.2, 0) is 12.8 Å². The highest BCUT2D eigenvalue weighted by atomic mass is 16.1. The Balaban J connectivity index is 1.42. The molecule has 0 atom stereocenters. The smallest absolute Gasteiger partial charge is 0.190 e. The van der Waals surface area contributed by atoms with Crippen LogP contribution in [0.3, 0.4) is 0 Å². The Labute approximate surface area is 170 Å². The summed E-state index contributed by atoms with van der Waals surface area (Å²) in [6.45, 7) is 0. The van der Waals surface area contributed by atoms with Gasteiger partial charge in [-0.3, -0.25) is 14.6 Å². The molecule has 0 spiro atoms. The van der Waals surface area contributed by atoms with E-state index in [2.05, 4.69) is 29.9 Å². The molecule has 5 aromatic rings. The molecule has 0 unspecified atom stereocenters. The van der Waals surface area contributed by atoms with Gasteiger partial charge in [-0.15, -0.1) is 0 Å². The van der Waals surface area contributed by atoms with Crippen LogP contribution in [0.5, 0.6) is 0 Å². The molecule has 3 aromatic heterocycles. The predicted octanol–water partition coefficient (Wildman–Crippen LogP) is 3.08. The third-order valence-corrected chi connectivity index (χ3v) is 4.81. The quantitative estimate of drug-likeness (QED) is 0.426. The number of benzene rings is 2. The van der Waals surface area contributed by atoms with Crippen LogP contribution in [0.2, 0.25) is 0 Å². The van der Waals surface area contributed by atoms with Gasteiger partial charge in [-0.05, 0) is 24.3 Å². The van der Waals surface area contributed by atoms with Gasteiger partial charge in [-0.25, -0.2) is 15.0 Å². The first-order chi connectivity index (χ1) is 14.7. The van der Waals surface area contributed by atoms with Gasteiger partial charge in [-0.2, -0.15) is 0 Å². The lowest BCUT2D eigenvalue weighted by atomic mass is 10.1. The number of nitrogens with zero attached hydrogens (tertiary/aromatic N) is 4. The fraction of sp³-hybridized carbons (Fsp3) is 0.0909. The van der Waals surface area contributed by atoms with Crippen LogP contribution in [0.25, 0.3) is 22.1 Å². The molecule has 5 rings (SSSR count). The Bertz CT molecular complexity index is 1390. The highest BCUT2D eigenvalue weighted by Gasteiger charge is 2.17. The molecule has 0 aliphatic heterocycles. The fourth-order valence-corrected chi connectivity index (χ4v) is 3.37. The van der Waals surface area contributed by atoms with E-state index in [1.165, 1.54) is 6.20 Å².